The van der Waals surface area contributed by atoms with E-state index in [4.69, 9.17) is 0 Å². The van der Waals surface area contributed by atoms with Crippen molar-refractivity contribution in [3.05, 3.63) is 58.8 Å². The lowest BCUT2D eigenvalue weighted by Gasteiger charge is -2.30. The number of amides is 1. The number of anilines is 2. The molecule has 25 heavy (non-hydrogen) atoms. The van der Waals surface area contributed by atoms with Crippen molar-refractivity contribution in [2.45, 2.75) is 19.4 Å². The van der Waals surface area contributed by atoms with Gasteiger partial charge in [0.25, 0.3) is 0 Å². The lowest BCUT2D eigenvalue weighted by molar-refractivity contribution is -0.117. The van der Waals surface area contributed by atoms with Crippen LogP contribution in [0, 0.1) is 5.82 Å². The van der Waals surface area contributed by atoms with Gasteiger partial charge >= 0.3 is 0 Å². The van der Waals surface area contributed by atoms with Gasteiger partial charge in [-0.15, -0.1) is 0 Å². The molecule has 2 rings (SSSR count). The Morgan fingerprint density at radius 3 is 2.32 bits per heavy atom. The number of benzene rings is 2. The Bertz CT molecular complexity index is 856. The van der Waals surface area contributed by atoms with Crippen LogP contribution < -0.4 is 9.62 Å². The van der Waals surface area contributed by atoms with Crippen molar-refractivity contribution in [1.29, 1.82) is 0 Å². The molecule has 1 unspecified atom stereocenters. The maximum Gasteiger partial charge on any atom is 0.248 e. The molecule has 2 aromatic rings. The van der Waals surface area contributed by atoms with Crippen molar-refractivity contribution in [3.8, 4) is 0 Å². The highest BCUT2D eigenvalue weighted by molar-refractivity contribution is 9.10. The normalized spacial score (nSPS) is 12.5. The van der Waals surface area contributed by atoms with E-state index >= 15 is 0 Å². The molecule has 0 saturated carbocycles. The number of sulfonamides is 1. The predicted octanol–water partition coefficient (Wildman–Crippen LogP) is 3.77. The SMILES string of the molecule is CCC(C(=O)Nc1ccc(Br)cc1)N(c1ccccc1F)S(C)(=O)=O. The third-order valence-corrected chi connectivity index (χ3v) is 5.23. The van der Waals surface area contributed by atoms with Crippen LogP contribution >= 0.6 is 15.9 Å². The molecule has 0 radical (unpaired) electrons. The number of nitrogens with one attached hydrogen (secondary N) is 1. The summed E-state index contributed by atoms with van der Waals surface area (Å²) in [5, 5.41) is 2.67. The molecule has 0 spiro atoms. The van der Waals surface area contributed by atoms with Crippen LogP contribution in [0.1, 0.15) is 13.3 Å². The minimum atomic E-state index is -3.87. The molecule has 0 fully saturated rings. The summed E-state index contributed by atoms with van der Waals surface area (Å²) in [6.07, 6.45) is 1.14. The van der Waals surface area contributed by atoms with Gasteiger partial charge in [-0.3, -0.25) is 9.10 Å². The molecule has 0 heterocycles. The van der Waals surface area contributed by atoms with E-state index in [2.05, 4.69) is 21.2 Å². The summed E-state index contributed by atoms with van der Waals surface area (Å²) in [7, 11) is -3.87. The number of nitrogens with zero attached hydrogens (tertiary/aromatic N) is 1. The van der Waals surface area contributed by atoms with Crippen LogP contribution in [0.3, 0.4) is 0 Å². The second kappa shape index (κ2) is 7.97. The van der Waals surface area contributed by atoms with Crippen LogP contribution in [-0.2, 0) is 14.8 Å². The molecular formula is C17H18BrFN2O3S. The van der Waals surface area contributed by atoms with Crippen LogP contribution in [-0.4, -0.2) is 26.6 Å². The second-order valence-corrected chi connectivity index (χ2v) is 8.21. The first kappa shape index (κ1) is 19.4. The van der Waals surface area contributed by atoms with Crippen molar-refractivity contribution in [3.63, 3.8) is 0 Å². The van der Waals surface area contributed by atoms with Gasteiger partial charge in [0.1, 0.15) is 11.9 Å². The summed E-state index contributed by atoms with van der Waals surface area (Å²) in [6.45, 7) is 1.67. The molecule has 0 aromatic heterocycles. The van der Waals surface area contributed by atoms with Gasteiger partial charge in [-0.1, -0.05) is 35.0 Å². The van der Waals surface area contributed by atoms with Crippen LogP contribution in [0.15, 0.2) is 53.0 Å². The van der Waals surface area contributed by atoms with Gasteiger partial charge in [-0.05, 0) is 42.8 Å². The quantitative estimate of drug-likeness (QED) is 0.761. The number of rotatable bonds is 6. The molecule has 5 nitrogen and oxygen atoms in total. The van der Waals surface area contributed by atoms with E-state index < -0.39 is 27.8 Å². The Hall–Kier alpha value is -1.93. The van der Waals surface area contributed by atoms with E-state index in [1.165, 1.54) is 18.2 Å². The summed E-state index contributed by atoms with van der Waals surface area (Å²) in [4.78, 5) is 12.6. The highest BCUT2D eigenvalue weighted by atomic mass is 79.9. The lowest BCUT2D eigenvalue weighted by Crippen LogP contribution is -2.47. The van der Waals surface area contributed by atoms with E-state index in [1.807, 2.05) is 0 Å². The molecule has 0 aliphatic heterocycles. The van der Waals surface area contributed by atoms with E-state index in [-0.39, 0.29) is 12.1 Å². The topological polar surface area (TPSA) is 66.5 Å². The van der Waals surface area contributed by atoms with Gasteiger partial charge in [-0.2, -0.15) is 0 Å². The third kappa shape index (κ3) is 4.79. The van der Waals surface area contributed by atoms with Crippen molar-refractivity contribution in [2.75, 3.05) is 15.9 Å². The standard InChI is InChI=1S/C17H18BrFN2O3S/c1-3-15(17(22)20-13-10-8-12(18)9-11-13)21(25(2,23)24)16-7-5-4-6-14(16)19/h4-11,15H,3H2,1-2H3,(H,20,22). The van der Waals surface area contributed by atoms with E-state index in [9.17, 15) is 17.6 Å². The Labute approximate surface area is 155 Å². The molecule has 1 amide bonds. The van der Waals surface area contributed by atoms with Crippen LogP contribution in [0.5, 0.6) is 0 Å². The Morgan fingerprint density at radius 1 is 1.20 bits per heavy atom. The Balaban J connectivity index is 2.38. The minimum Gasteiger partial charge on any atom is -0.324 e. The van der Waals surface area contributed by atoms with E-state index in [0.29, 0.717) is 5.69 Å². The number of carbonyl (C=O) groups is 1. The molecule has 0 saturated heterocycles. The monoisotopic (exact) mass is 428 g/mol. The molecule has 1 atom stereocenters. The van der Waals surface area contributed by atoms with Crippen LogP contribution in [0.2, 0.25) is 0 Å². The summed E-state index contributed by atoms with van der Waals surface area (Å²) in [5.41, 5.74) is 0.372. The van der Waals surface area contributed by atoms with Crippen LogP contribution in [0.4, 0.5) is 15.8 Å². The molecular weight excluding hydrogens is 411 g/mol. The smallest absolute Gasteiger partial charge is 0.248 e. The average Bonchev–Trinajstić information content (AvgIpc) is 2.54. The largest absolute Gasteiger partial charge is 0.324 e. The number of para-hydroxylation sites is 1. The van der Waals surface area contributed by atoms with Gasteiger partial charge in [-0.25, -0.2) is 12.8 Å². The van der Waals surface area contributed by atoms with Gasteiger partial charge in [0.15, 0.2) is 0 Å². The second-order valence-electron chi connectivity index (χ2n) is 5.43. The predicted molar refractivity (Wildman–Crippen MR) is 101 cm³/mol. The third-order valence-electron chi connectivity index (χ3n) is 3.53. The zero-order valence-electron chi connectivity index (χ0n) is 13.7. The molecule has 2 aromatic carbocycles. The van der Waals surface area contributed by atoms with E-state index in [1.54, 1.807) is 31.2 Å². The van der Waals surface area contributed by atoms with Gasteiger partial charge in [0.05, 0.1) is 11.9 Å². The molecule has 1 N–H and O–H groups in total. The fourth-order valence-corrected chi connectivity index (χ4v) is 3.90. The molecule has 0 bridgehead atoms. The Morgan fingerprint density at radius 2 is 1.80 bits per heavy atom. The summed E-state index contributed by atoms with van der Waals surface area (Å²) >= 11 is 3.30. The fourth-order valence-electron chi connectivity index (χ4n) is 2.42. The number of carbonyl (C=O) groups excluding carboxylic acids is 1. The van der Waals surface area contributed by atoms with Gasteiger partial charge in [0, 0.05) is 10.2 Å². The molecule has 8 heteroatoms. The molecule has 0 aliphatic rings. The maximum atomic E-state index is 14.2. The van der Waals surface area contributed by atoms with Gasteiger partial charge in [0.2, 0.25) is 15.9 Å². The Kier molecular flexibility index (Phi) is 6.18. The number of halogens is 2. The van der Waals surface area contributed by atoms with Crippen molar-refractivity contribution >= 4 is 43.2 Å². The lowest BCUT2D eigenvalue weighted by atomic mass is 10.1. The summed E-state index contributed by atoms with van der Waals surface area (Å²) in [5.74, 6) is -1.23. The zero-order valence-corrected chi connectivity index (χ0v) is 16.1. The highest BCUT2D eigenvalue weighted by Gasteiger charge is 2.33. The zero-order chi connectivity index (χ0) is 18.6. The minimum absolute atomic E-state index is 0.150. The first-order chi connectivity index (χ1) is 11.7. The van der Waals surface area contributed by atoms with Crippen molar-refractivity contribution < 1.29 is 17.6 Å². The average molecular weight is 429 g/mol. The molecule has 134 valence electrons. The number of hydrogen-bond acceptors (Lipinski definition) is 3. The first-order valence-corrected chi connectivity index (χ1v) is 10.2. The number of hydrogen-bond donors (Lipinski definition) is 1. The van der Waals surface area contributed by atoms with Crippen molar-refractivity contribution in [1.82, 2.24) is 0 Å². The maximum absolute atomic E-state index is 14.2. The van der Waals surface area contributed by atoms with Crippen molar-refractivity contribution in [2.24, 2.45) is 0 Å². The van der Waals surface area contributed by atoms with Gasteiger partial charge < -0.3 is 5.32 Å². The molecule has 0 aliphatic carbocycles. The van der Waals surface area contributed by atoms with E-state index in [0.717, 1.165) is 21.1 Å². The summed E-state index contributed by atoms with van der Waals surface area (Å²) in [6, 6.07) is 11.3. The van der Waals surface area contributed by atoms with Crippen LogP contribution in [0.25, 0.3) is 0 Å². The first-order valence-electron chi connectivity index (χ1n) is 7.54. The highest BCUT2D eigenvalue weighted by Crippen LogP contribution is 2.26. The fraction of sp³-hybridized carbons (Fsp3) is 0.235. The summed E-state index contributed by atoms with van der Waals surface area (Å²) < 4.78 is 40.4.